The number of hydrogen-bond donors (Lipinski definition) is 1. The molecule has 8 heteroatoms. The van der Waals surface area contributed by atoms with E-state index in [0.717, 1.165) is 0 Å². The van der Waals surface area contributed by atoms with Gasteiger partial charge in [-0.1, -0.05) is 23.7 Å². The summed E-state index contributed by atoms with van der Waals surface area (Å²) in [7, 11) is 1.25. The molecule has 1 N–H and O–H groups in total. The number of oxazole rings is 1. The first-order chi connectivity index (χ1) is 12.0. The fourth-order valence-electron chi connectivity index (χ4n) is 2.40. The number of rotatable bonds is 4. The summed E-state index contributed by atoms with van der Waals surface area (Å²) in [5.41, 5.74) is 1.25. The van der Waals surface area contributed by atoms with Crippen molar-refractivity contribution in [3.8, 4) is 0 Å². The van der Waals surface area contributed by atoms with Crippen LogP contribution in [0.25, 0.3) is 11.1 Å². The number of carbonyl (C=O) groups excluding carboxylic acids is 2. The molecule has 0 aliphatic carbocycles. The van der Waals surface area contributed by atoms with Crippen molar-refractivity contribution in [2.45, 2.75) is 6.54 Å². The van der Waals surface area contributed by atoms with Crippen molar-refractivity contribution in [3.05, 3.63) is 63.6 Å². The Morgan fingerprint density at radius 2 is 2.00 bits per heavy atom. The van der Waals surface area contributed by atoms with Crippen LogP contribution in [-0.4, -0.2) is 23.6 Å². The van der Waals surface area contributed by atoms with Gasteiger partial charge in [0.25, 0.3) is 0 Å². The van der Waals surface area contributed by atoms with Gasteiger partial charge in [0.1, 0.15) is 6.54 Å². The summed E-state index contributed by atoms with van der Waals surface area (Å²) >= 11 is 5.86. The number of ether oxygens (including phenoxy) is 1. The van der Waals surface area contributed by atoms with Crippen LogP contribution >= 0.6 is 11.6 Å². The summed E-state index contributed by atoms with van der Waals surface area (Å²) in [6, 6.07) is 11.1. The maximum atomic E-state index is 12.3. The molecule has 0 aliphatic heterocycles. The van der Waals surface area contributed by atoms with Crippen molar-refractivity contribution in [1.29, 1.82) is 0 Å². The fraction of sp³-hybridized carbons (Fsp3) is 0.118. The molecule has 25 heavy (non-hydrogen) atoms. The van der Waals surface area contributed by atoms with E-state index in [2.05, 4.69) is 10.1 Å². The number of halogens is 1. The SMILES string of the molecule is COC(=O)c1ccccc1NC(=O)Cn1c(=O)oc2cc(Cl)ccc21. The lowest BCUT2D eigenvalue weighted by Crippen LogP contribution is -2.25. The minimum Gasteiger partial charge on any atom is -0.465 e. The van der Waals surface area contributed by atoms with E-state index in [1.807, 2.05) is 0 Å². The van der Waals surface area contributed by atoms with Gasteiger partial charge in [0.15, 0.2) is 5.58 Å². The fourth-order valence-corrected chi connectivity index (χ4v) is 2.57. The molecule has 0 saturated carbocycles. The van der Waals surface area contributed by atoms with Crippen LogP contribution in [0.1, 0.15) is 10.4 Å². The monoisotopic (exact) mass is 360 g/mol. The number of carbonyl (C=O) groups is 2. The number of nitrogens with one attached hydrogen (secondary N) is 1. The van der Waals surface area contributed by atoms with Crippen LogP contribution in [0.2, 0.25) is 5.02 Å². The van der Waals surface area contributed by atoms with Crippen LogP contribution in [0.5, 0.6) is 0 Å². The number of anilines is 1. The zero-order valence-corrected chi connectivity index (χ0v) is 13.9. The number of benzene rings is 2. The summed E-state index contributed by atoms with van der Waals surface area (Å²) in [6.45, 7) is -0.275. The van der Waals surface area contributed by atoms with Crippen molar-refractivity contribution in [2.24, 2.45) is 0 Å². The molecular weight excluding hydrogens is 348 g/mol. The topological polar surface area (TPSA) is 90.5 Å². The number of aromatic nitrogens is 1. The van der Waals surface area contributed by atoms with Crippen LogP contribution in [0, 0.1) is 0 Å². The van der Waals surface area contributed by atoms with Crippen molar-refractivity contribution >= 4 is 40.3 Å². The van der Waals surface area contributed by atoms with E-state index in [-0.39, 0.29) is 12.1 Å². The number of amides is 1. The highest BCUT2D eigenvalue weighted by atomic mass is 35.5. The van der Waals surface area contributed by atoms with E-state index < -0.39 is 17.6 Å². The zero-order valence-electron chi connectivity index (χ0n) is 13.1. The van der Waals surface area contributed by atoms with Crippen molar-refractivity contribution in [2.75, 3.05) is 12.4 Å². The minimum absolute atomic E-state index is 0.217. The number of fused-ring (bicyclic) bond motifs is 1. The van der Waals surface area contributed by atoms with Gasteiger partial charge in [-0.25, -0.2) is 9.59 Å². The van der Waals surface area contributed by atoms with Gasteiger partial charge in [0.2, 0.25) is 5.91 Å². The molecule has 0 atom stereocenters. The molecule has 1 aromatic heterocycles. The summed E-state index contributed by atoms with van der Waals surface area (Å²) in [5.74, 6) is -1.73. The Labute approximate surface area is 146 Å². The van der Waals surface area contributed by atoms with Crippen molar-refractivity contribution in [3.63, 3.8) is 0 Å². The molecule has 3 aromatic rings. The molecule has 2 aromatic carbocycles. The third-order valence-corrected chi connectivity index (χ3v) is 3.77. The van der Waals surface area contributed by atoms with Gasteiger partial charge >= 0.3 is 11.7 Å². The lowest BCUT2D eigenvalue weighted by atomic mass is 10.2. The average Bonchev–Trinajstić information content (AvgIpc) is 2.89. The van der Waals surface area contributed by atoms with E-state index >= 15 is 0 Å². The molecule has 0 fully saturated rings. The number of nitrogens with zero attached hydrogens (tertiary/aromatic N) is 1. The highest BCUT2D eigenvalue weighted by Gasteiger charge is 2.16. The summed E-state index contributed by atoms with van der Waals surface area (Å²) in [4.78, 5) is 36.0. The Morgan fingerprint density at radius 1 is 1.24 bits per heavy atom. The first kappa shape index (κ1) is 16.8. The van der Waals surface area contributed by atoms with Crippen molar-refractivity contribution < 1.29 is 18.7 Å². The Balaban J connectivity index is 1.86. The number of esters is 1. The Kier molecular flexibility index (Phi) is 4.58. The molecule has 3 rings (SSSR count). The maximum Gasteiger partial charge on any atom is 0.420 e. The van der Waals surface area contributed by atoms with Crippen LogP contribution < -0.4 is 11.1 Å². The lowest BCUT2D eigenvalue weighted by Gasteiger charge is -2.09. The van der Waals surface area contributed by atoms with Gasteiger partial charge in [0.05, 0.1) is 23.9 Å². The average molecular weight is 361 g/mol. The molecule has 0 bridgehead atoms. The smallest absolute Gasteiger partial charge is 0.420 e. The van der Waals surface area contributed by atoms with Crippen molar-refractivity contribution in [1.82, 2.24) is 4.57 Å². The number of hydrogen-bond acceptors (Lipinski definition) is 5. The third kappa shape index (κ3) is 3.41. The predicted molar refractivity (Wildman–Crippen MR) is 91.9 cm³/mol. The first-order valence-corrected chi connectivity index (χ1v) is 7.63. The Morgan fingerprint density at radius 3 is 2.76 bits per heavy atom. The van der Waals surface area contributed by atoms with Gasteiger partial charge in [-0.3, -0.25) is 9.36 Å². The van der Waals surface area contributed by atoms with Crippen LogP contribution in [0.3, 0.4) is 0 Å². The van der Waals surface area contributed by atoms with Crippen LogP contribution in [0.15, 0.2) is 51.7 Å². The number of para-hydroxylation sites is 1. The molecule has 1 amide bonds. The molecule has 0 spiro atoms. The second kappa shape index (κ2) is 6.82. The van der Waals surface area contributed by atoms with Gasteiger partial charge < -0.3 is 14.5 Å². The molecule has 0 saturated heterocycles. The third-order valence-electron chi connectivity index (χ3n) is 3.54. The summed E-state index contributed by atoms with van der Waals surface area (Å²) < 4.78 is 10.9. The quantitative estimate of drug-likeness (QED) is 0.722. The molecule has 1 heterocycles. The predicted octanol–water partition coefficient (Wildman–Crippen LogP) is 2.67. The normalized spacial score (nSPS) is 10.6. The Bertz CT molecular complexity index is 1020. The molecule has 7 nitrogen and oxygen atoms in total. The van der Waals surface area contributed by atoms with Gasteiger partial charge in [0, 0.05) is 11.1 Å². The number of methoxy groups -OCH3 is 1. The molecule has 0 aliphatic rings. The summed E-state index contributed by atoms with van der Waals surface area (Å²) in [6.07, 6.45) is 0. The minimum atomic E-state index is -0.673. The second-order valence-corrected chi connectivity index (χ2v) is 5.59. The molecular formula is C17H13ClN2O5. The maximum absolute atomic E-state index is 12.3. The highest BCUT2D eigenvalue weighted by Crippen LogP contribution is 2.19. The van der Waals surface area contributed by atoms with Crippen LogP contribution in [0.4, 0.5) is 5.69 Å². The van der Waals surface area contributed by atoms with E-state index in [9.17, 15) is 14.4 Å². The van der Waals surface area contributed by atoms with Gasteiger partial charge in [-0.2, -0.15) is 0 Å². The van der Waals surface area contributed by atoms with Crippen LogP contribution in [-0.2, 0) is 16.1 Å². The van der Waals surface area contributed by atoms with E-state index in [1.54, 1.807) is 30.3 Å². The van der Waals surface area contributed by atoms with E-state index in [1.165, 1.54) is 23.8 Å². The standard InChI is InChI=1S/C17H13ClN2O5/c1-24-16(22)11-4-2-3-5-12(11)19-15(21)9-20-13-7-6-10(18)8-14(13)25-17(20)23/h2-8H,9H2,1H3,(H,19,21). The van der Waals surface area contributed by atoms with Gasteiger partial charge in [-0.15, -0.1) is 0 Å². The zero-order chi connectivity index (χ0) is 18.0. The highest BCUT2D eigenvalue weighted by molar-refractivity contribution is 6.31. The lowest BCUT2D eigenvalue weighted by molar-refractivity contribution is -0.116. The molecule has 128 valence electrons. The second-order valence-electron chi connectivity index (χ2n) is 5.15. The summed E-state index contributed by atoms with van der Waals surface area (Å²) in [5, 5.41) is 3.02. The molecule has 0 radical (unpaired) electrons. The Hall–Kier alpha value is -3.06. The largest absolute Gasteiger partial charge is 0.465 e. The first-order valence-electron chi connectivity index (χ1n) is 7.25. The molecule has 0 unspecified atom stereocenters. The van der Waals surface area contributed by atoms with E-state index in [4.69, 9.17) is 16.0 Å². The van der Waals surface area contributed by atoms with Gasteiger partial charge in [-0.05, 0) is 24.3 Å². The van der Waals surface area contributed by atoms with E-state index in [0.29, 0.717) is 21.8 Å².